The summed E-state index contributed by atoms with van der Waals surface area (Å²) >= 11 is 0. The monoisotopic (exact) mass is 380 g/mol. The molecule has 0 saturated carbocycles. The molecule has 7 heteroatoms. The molecule has 27 heavy (non-hydrogen) atoms. The van der Waals surface area contributed by atoms with Crippen molar-refractivity contribution in [2.45, 2.75) is 31.4 Å². The molecule has 1 aromatic rings. The minimum Gasteiger partial charge on any atom is -0.491 e. The topological polar surface area (TPSA) is 51.2 Å². The van der Waals surface area contributed by atoms with Gasteiger partial charge in [-0.3, -0.25) is 4.79 Å². The van der Waals surface area contributed by atoms with Gasteiger partial charge in [0.1, 0.15) is 30.9 Å². The zero-order valence-electron chi connectivity index (χ0n) is 15.9. The van der Waals surface area contributed by atoms with E-state index in [1.807, 2.05) is 4.90 Å². The predicted molar refractivity (Wildman–Crippen MR) is 99.3 cm³/mol. The molecule has 0 N–H and O–H groups in total. The fourth-order valence-corrected chi connectivity index (χ4v) is 3.71. The van der Waals surface area contributed by atoms with E-state index in [0.29, 0.717) is 18.9 Å². The van der Waals surface area contributed by atoms with Crippen molar-refractivity contribution >= 4 is 5.91 Å². The summed E-state index contributed by atoms with van der Waals surface area (Å²) in [7, 11) is 1.73. The maximum Gasteiger partial charge on any atom is 0.248 e. The summed E-state index contributed by atoms with van der Waals surface area (Å²) in [6.45, 7) is 4.86. The van der Waals surface area contributed by atoms with Crippen molar-refractivity contribution in [3.05, 3.63) is 30.1 Å². The highest BCUT2D eigenvalue weighted by Gasteiger charge is 2.33. The fraction of sp³-hybridized carbons (Fsp3) is 0.650. The Bertz CT molecular complexity index is 590. The molecule has 1 amide bonds. The average molecular weight is 380 g/mol. The molecule has 0 bridgehead atoms. The van der Waals surface area contributed by atoms with E-state index >= 15 is 0 Å². The lowest BCUT2D eigenvalue weighted by molar-refractivity contribution is -0.155. The van der Waals surface area contributed by atoms with Crippen LogP contribution in [0.5, 0.6) is 5.75 Å². The van der Waals surface area contributed by atoms with E-state index < -0.39 is 0 Å². The number of carbonyl (C=O) groups is 1. The van der Waals surface area contributed by atoms with Crippen LogP contribution in [0.2, 0.25) is 0 Å². The zero-order chi connectivity index (χ0) is 19.1. The first kappa shape index (κ1) is 20.0. The molecule has 0 aliphatic carbocycles. The van der Waals surface area contributed by atoms with Gasteiger partial charge in [-0.2, -0.15) is 0 Å². The predicted octanol–water partition coefficient (Wildman–Crippen LogP) is 1.93. The summed E-state index contributed by atoms with van der Waals surface area (Å²) in [5.74, 6) is 0.375. The number of amides is 1. The van der Waals surface area contributed by atoms with Gasteiger partial charge in [0.05, 0.1) is 6.54 Å². The van der Waals surface area contributed by atoms with Crippen molar-refractivity contribution in [1.29, 1.82) is 0 Å². The van der Waals surface area contributed by atoms with Gasteiger partial charge >= 0.3 is 0 Å². The van der Waals surface area contributed by atoms with Crippen LogP contribution in [0.4, 0.5) is 4.39 Å². The number of carbonyl (C=O) groups excluding carboxylic acids is 1. The summed E-state index contributed by atoms with van der Waals surface area (Å²) in [6, 6.07) is 6.20. The number of likely N-dealkylation sites (tertiary alicyclic amines) is 1. The Labute approximate surface area is 160 Å². The summed E-state index contributed by atoms with van der Waals surface area (Å²) in [4.78, 5) is 16.7. The van der Waals surface area contributed by atoms with Gasteiger partial charge < -0.3 is 24.0 Å². The maximum atomic E-state index is 13.0. The Balaban J connectivity index is 1.44. The number of rotatable bonds is 8. The number of morpholine rings is 1. The number of nitrogens with zero attached hydrogens (tertiary/aromatic N) is 2. The van der Waals surface area contributed by atoms with E-state index in [2.05, 4.69) is 4.90 Å². The molecule has 2 saturated heterocycles. The first-order valence-corrected chi connectivity index (χ1v) is 9.66. The van der Waals surface area contributed by atoms with Crippen molar-refractivity contribution in [3.63, 3.8) is 0 Å². The smallest absolute Gasteiger partial charge is 0.248 e. The van der Waals surface area contributed by atoms with Crippen LogP contribution in [0.3, 0.4) is 0 Å². The van der Waals surface area contributed by atoms with Crippen molar-refractivity contribution in [2.24, 2.45) is 0 Å². The standard InChI is InChI=1S/C20H29FN2O4/c1-25-12-2-9-22-10-7-17(8-11-22)23-13-19(27-15-20(23)24)14-26-18-5-3-16(21)4-6-18/h3-6,17,19H,2,7-15H2,1H3/t19-/m0/s1. The highest BCUT2D eigenvalue weighted by atomic mass is 19.1. The van der Waals surface area contributed by atoms with Crippen LogP contribution in [-0.4, -0.2) is 81.0 Å². The van der Waals surface area contributed by atoms with Crippen molar-refractivity contribution < 1.29 is 23.4 Å². The maximum absolute atomic E-state index is 13.0. The molecule has 2 heterocycles. The molecule has 150 valence electrons. The van der Waals surface area contributed by atoms with Crippen LogP contribution in [0, 0.1) is 5.82 Å². The third-order valence-corrected chi connectivity index (χ3v) is 5.23. The number of halogens is 1. The molecule has 6 nitrogen and oxygen atoms in total. The van der Waals surface area contributed by atoms with Crippen LogP contribution in [-0.2, 0) is 14.3 Å². The van der Waals surface area contributed by atoms with Crippen molar-refractivity contribution in [1.82, 2.24) is 9.80 Å². The SMILES string of the molecule is COCCCN1CCC(N2C[C@@H](COc3ccc(F)cc3)OCC2=O)CC1. The van der Waals surface area contributed by atoms with Gasteiger partial charge in [-0.05, 0) is 43.5 Å². The van der Waals surface area contributed by atoms with Gasteiger partial charge in [-0.1, -0.05) is 0 Å². The fourth-order valence-electron chi connectivity index (χ4n) is 3.71. The highest BCUT2D eigenvalue weighted by molar-refractivity contribution is 5.78. The molecule has 2 aliphatic heterocycles. The Morgan fingerprint density at radius 3 is 2.67 bits per heavy atom. The summed E-state index contributed by atoms with van der Waals surface area (Å²) in [5.41, 5.74) is 0. The number of methoxy groups -OCH3 is 1. The third-order valence-electron chi connectivity index (χ3n) is 5.23. The van der Waals surface area contributed by atoms with E-state index in [-0.39, 0.29) is 30.5 Å². The van der Waals surface area contributed by atoms with Crippen LogP contribution in [0.1, 0.15) is 19.3 Å². The lowest BCUT2D eigenvalue weighted by Crippen LogP contribution is -2.55. The number of hydrogen-bond donors (Lipinski definition) is 0. The first-order valence-electron chi connectivity index (χ1n) is 9.66. The van der Waals surface area contributed by atoms with Gasteiger partial charge in [-0.25, -0.2) is 4.39 Å². The second kappa shape index (κ2) is 10.0. The van der Waals surface area contributed by atoms with Gasteiger partial charge in [0, 0.05) is 39.4 Å². The van der Waals surface area contributed by atoms with Gasteiger partial charge in [-0.15, -0.1) is 0 Å². The quantitative estimate of drug-likeness (QED) is 0.645. The Morgan fingerprint density at radius 1 is 1.22 bits per heavy atom. The van der Waals surface area contributed by atoms with E-state index in [1.54, 1.807) is 19.2 Å². The molecule has 0 aromatic heterocycles. The lowest BCUT2D eigenvalue weighted by atomic mass is 10.0. The van der Waals surface area contributed by atoms with Crippen molar-refractivity contribution in [3.8, 4) is 5.75 Å². The molecule has 1 aromatic carbocycles. The molecule has 0 unspecified atom stereocenters. The molecular weight excluding hydrogens is 351 g/mol. The minimum absolute atomic E-state index is 0.0610. The second-order valence-electron chi connectivity index (χ2n) is 7.16. The van der Waals surface area contributed by atoms with Crippen LogP contribution < -0.4 is 4.74 Å². The molecule has 2 aliphatic rings. The molecule has 0 spiro atoms. The Hall–Kier alpha value is -1.70. The summed E-state index contributed by atoms with van der Waals surface area (Å²) in [5, 5.41) is 0. The van der Waals surface area contributed by atoms with Gasteiger partial charge in [0.2, 0.25) is 5.91 Å². The first-order chi connectivity index (χ1) is 13.2. The average Bonchev–Trinajstić information content (AvgIpc) is 2.69. The van der Waals surface area contributed by atoms with Gasteiger partial charge in [0.15, 0.2) is 0 Å². The summed E-state index contributed by atoms with van der Waals surface area (Å²) in [6.07, 6.45) is 2.86. The van der Waals surface area contributed by atoms with E-state index in [9.17, 15) is 9.18 Å². The number of benzene rings is 1. The normalized spacial score (nSPS) is 22.2. The highest BCUT2D eigenvalue weighted by Crippen LogP contribution is 2.21. The molecular formula is C20H29FN2O4. The van der Waals surface area contributed by atoms with Crippen molar-refractivity contribution in [2.75, 3.05) is 53.1 Å². The Kier molecular flexibility index (Phi) is 7.43. The van der Waals surface area contributed by atoms with Crippen LogP contribution in [0.25, 0.3) is 0 Å². The summed E-state index contributed by atoms with van der Waals surface area (Å²) < 4.78 is 29.4. The van der Waals surface area contributed by atoms with Crippen LogP contribution in [0.15, 0.2) is 24.3 Å². The zero-order valence-corrected chi connectivity index (χ0v) is 15.9. The van der Waals surface area contributed by atoms with E-state index in [1.165, 1.54) is 12.1 Å². The molecule has 1 atom stereocenters. The second-order valence-corrected chi connectivity index (χ2v) is 7.16. The Morgan fingerprint density at radius 2 is 1.96 bits per heavy atom. The molecule has 0 radical (unpaired) electrons. The third kappa shape index (κ3) is 5.89. The minimum atomic E-state index is -0.290. The van der Waals surface area contributed by atoms with Gasteiger partial charge in [0.25, 0.3) is 0 Å². The van der Waals surface area contributed by atoms with E-state index in [4.69, 9.17) is 14.2 Å². The van der Waals surface area contributed by atoms with E-state index in [0.717, 1.165) is 45.5 Å². The van der Waals surface area contributed by atoms with Crippen LogP contribution >= 0.6 is 0 Å². The number of ether oxygens (including phenoxy) is 3. The lowest BCUT2D eigenvalue weighted by Gasteiger charge is -2.42. The number of hydrogen-bond acceptors (Lipinski definition) is 5. The molecule has 3 rings (SSSR count). The number of piperidine rings is 1. The molecule has 2 fully saturated rings. The largest absolute Gasteiger partial charge is 0.491 e.